The van der Waals surface area contributed by atoms with Crippen molar-refractivity contribution >= 4 is 5.97 Å². The summed E-state index contributed by atoms with van der Waals surface area (Å²) in [7, 11) is 0. The minimum Gasteiger partial charge on any atom is -0.476 e. The van der Waals surface area contributed by atoms with E-state index in [-0.39, 0.29) is 11.9 Å². The monoisotopic (exact) mass is 318 g/mol. The molecule has 23 heavy (non-hydrogen) atoms. The highest BCUT2D eigenvalue weighted by Gasteiger charge is 2.42. The molecule has 0 saturated heterocycles. The molecular formula is C19H23FO3. The first-order valence-electron chi connectivity index (χ1n) is 8.35. The van der Waals surface area contributed by atoms with Crippen LogP contribution in [0.3, 0.4) is 0 Å². The number of carbonyl (C=O) groups excluding carboxylic acids is 1. The van der Waals surface area contributed by atoms with Crippen LogP contribution in [0.2, 0.25) is 0 Å². The fraction of sp³-hybridized carbons (Fsp3) is 0.526. The van der Waals surface area contributed by atoms with Gasteiger partial charge in [0.25, 0.3) is 0 Å². The number of fused-ring (bicyclic) bond motifs is 1. The van der Waals surface area contributed by atoms with Crippen molar-refractivity contribution in [2.24, 2.45) is 11.8 Å². The normalized spacial score (nSPS) is 28.1. The number of hydrogen-bond acceptors (Lipinski definition) is 3. The Morgan fingerprint density at radius 3 is 2.83 bits per heavy atom. The second-order valence-corrected chi connectivity index (χ2v) is 6.58. The van der Waals surface area contributed by atoms with Crippen molar-refractivity contribution < 1.29 is 18.7 Å². The molecule has 4 atom stereocenters. The van der Waals surface area contributed by atoms with Crippen molar-refractivity contribution in [2.45, 2.75) is 51.2 Å². The SMILES string of the molecule is C=C1C[C@H](OC(=O)[C@@H](C)Oc2ccccc2F)[C@H]2CCCC[C@@H]12. The first-order valence-corrected chi connectivity index (χ1v) is 8.35. The van der Waals surface area contributed by atoms with Crippen LogP contribution in [0.5, 0.6) is 5.75 Å². The van der Waals surface area contributed by atoms with Crippen molar-refractivity contribution in [2.75, 3.05) is 0 Å². The zero-order chi connectivity index (χ0) is 16.4. The summed E-state index contributed by atoms with van der Waals surface area (Å²) in [4.78, 5) is 12.3. The van der Waals surface area contributed by atoms with Crippen LogP contribution in [0.1, 0.15) is 39.0 Å². The maximum absolute atomic E-state index is 13.6. The lowest BCUT2D eigenvalue weighted by atomic mass is 9.80. The molecule has 4 heteroatoms. The smallest absolute Gasteiger partial charge is 0.347 e. The lowest BCUT2D eigenvalue weighted by Gasteiger charge is -2.29. The van der Waals surface area contributed by atoms with E-state index in [1.165, 1.54) is 30.5 Å². The van der Waals surface area contributed by atoms with Gasteiger partial charge in [-0.1, -0.05) is 37.1 Å². The molecule has 2 fully saturated rings. The predicted molar refractivity (Wildman–Crippen MR) is 85.6 cm³/mol. The van der Waals surface area contributed by atoms with Crippen LogP contribution in [0, 0.1) is 17.7 Å². The van der Waals surface area contributed by atoms with E-state index in [1.54, 1.807) is 19.1 Å². The number of carbonyl (C=O) groups is 1. The molecule has 2 aliphatic carbocycles. The maximum Gasteiger partial charge on any atom is 0.347 e. The van der Waals surface area contributed by atoms with Gasteiger partial charge < -0.3 is 9.47 Å². The highest BCUT2D eigenvalue weighted by molar-refractivity contribution is 5.75. The van der Waals surface area contributed by atoms with Crippen molar-refractivity contribution in [3.8, 4) is 5.75 Å². The van der Waals surface area contributed by atoms with Gasteiger partial charge in [-0.3, -0.25) is 0 Å². The maximum atomic E-state index is 13.6. The topological polar surface area (TPSA) is 35.5 Å². The van der Waals surface area contributed by atoms with E-state index in [0.717, 1.165) is 19.3 Å². The number of halogens is 1. The largest absolute Gasteiger partial charge is 0.476 e. The van der Waals surface area contributed by atoms with Crippen LogP contribution >= 0.6 is 0 Å². The van der Waals surface area contributed by atoms with Crippen LogP contribution in [-0.4, -0.2) is 18.2 Å². The highest BCUT2D eigenvalue weighted by atomic mass is 19.1. The number of para-hydroxylation sites is 1. The summed E-state index contributed by atoms with van der Waals surface area (Å²) in [5, 5.41) is 0. The minimum absolute atomic E-state index is 0.0725. The van der Waals surface area contributed by atoms with Gasteiger partial charge in [0.15, 0.2) is 17.7 Å². The van der Waals surface area contributed by atoms with Gasteiger partial charge >= 0.3 is 5.97 Å². The van der Waals surface area contributed by atoms with E-state index in [0.29, 0.717) is 11.8 Å². The van der Waals surface area contributed by atoms with Gasteiger partial charge in [-0.05, 0) is 37.8 Å². The third kappa shape index (κ3) is 3.41. The molecule has 0 radical (unpaired) electrons. The van der Waals surface area contributed by atoms with Crippen LogP contribution in [0.25, 0.3) is 0 Å². The minimum atomic E-state index is -0.831. The molecule has 0 unspecified atom stereocenters. The van der Waals surface area contributed by atoms with E-state index in [9.17, 15) is 9.18 Å². The molecule has 2 saturated carbocycles. The van der Waals surface area contributed by atoms with E-state index < -0.39 is 17.9 Å². The van der Waals surface area contributed by atoms with Crippen LogP contribution in [-0.2, 0) is 9.53 Å². The molecule has 1 aromatic rings. The Bertz CT molecular complexity index is 598. The third-order valence-electron chi connectivity index (χ3n) is 5.02. The average Bonchev–Trinajstić information content (AvgIpc) is 2.86. The summed E-state index contributed by atoms with van der Waals surface area (Å²) in [6, 6.07) is 6.07. The molecule has 0 heterocycles. The number of hydrogen-bond donors (Lipinski definition) is 0. The van der Waals surface area contributed by atoms with Gasteiger partial charge in [-0.25, -0.2) is 9.18 Å². The lowest BCUT2D eigenvalue weighted by molar-refractivity contribution is -0.159. The van der Waals surface area contributed by atoms with Crippen LogP contribution in [0.4, 0.5) is 4.39 Å². The van der Waals surface area contributed by atoms with Crippen LogP contribution in [0.15, 0.2) is 36.4 Å². The molecule has 0 N–H and O–H groups in total. The van der Waals surface area contributed by atoms with E-state index in [4.69, 9.17) is 9.47 Å². The van der Waals surface area contributed by atoms with Crippen molar-refractivity contribution in [3.05, 3.63) is 42.2 Å². The Balaban J connectivity index is 1.60. The molecule has 0 aromatic heterocycles. The summed E-state index contributed by atoms with van der Waals surface area (Å²) in [6.07, 6.45) is 4.46. The van der Waals surface area contributed by atoms with Gasteiger partial charge in [0.05, 0.1) is 0 Å². The predicted octanol–water partition coefficient (Wildman–Crippen LogP) is 4.27. The van der Waals surface area contributed by atoms with Gasteiger partial charge in [-0.15, -0.1) is 0 Å². The Hall–Kier alpha value is -1.84. The molecule has 0 spiro atoms. The Morgan fingerprint density at radius 1 is 1.30 bits per heavy atom. The second kappa shape index (κ2) is 6.73. The molecule has 0 amide bonds. The zero-order valence-corrected chi connectivity index (χ0v) is 13.5. The molecule has 124 valence electrons. The fourth-order valence-corrected chi connectivity index (χ4v) is 3.83. The molecule has 3 nitrogen and oxygen atoms in total. The van der Waals surface area contributed by atoms with E-state index >= 15 is 0 Å². The lowest BCUT2D eigenvalue weighted by Crippen LogP contribution is -2.33. The number of benzene rings is 1. The van der Waals surface area contributed by atoms with Crippen molar-refractivity contribution in [1.82, 2.24) is 0 Å². The number of rotatable bonds is 4. The molecule has 1 aromatic carbocycles. The third-order valence-corrected chi connectivity index (χ3v) is 5.02. The zero-order valence-electron chi connectivity index (χ0n) is 13.5. The van der Waals surface area contributed by atoms with Gasteiger partial charge in [0.2, 0.25) is 0 Å². The first-order chi connectivity index (χ1) is 11.1. The number of esters is 1. The number of ether oxygens (including phenoxy) is 2. The van der Waals surface area contributed by atoms with Crippen molar-refractivity contribution in [3.63, 3.8) is 0 Å². The second-order valence-electron chi connectivity index (χ2n) is 6.58. The van der Waals surface area contributed by atoms with Crippen molar-refractivity contribution in [1.29, 1.82) is 0 Å². The van der Waals surface area contributed by atoms with Gasteiger partial charge in [0.1, 0.15) is 6.10 Å². The molecule has 0 bridgehead atoms. The standard InChI is InChI=1S/C19H23FO3/c1-12-11-18(15-8-4-3-7-14(12)15)23-19(21)13(2)22-17-10-6-5-9-16(17)20/h5-6,9-10,13-15,18H,1,3-4,7-8,11H2,2H3/t13-,14+,15+,18+/m1/s1. The average molecular weight is 318 g/mol. The Kier molecular flexibility index (Phi) is 4.69. The molecular weight excluding hydrogens is 295 g/mol. The highest BCUT2D eigenvalue weighted by Crippen LogP contribution is 2.46. The summed E-state index contributed by atoms with van der Waals surface area (Å²) < 4.78 is 24.7. The fourth-order valence-electron chi connectivity index (χ4n) is 3.83. The Morgan fingerprint density at radius 2 is 2.04 bits per heavy atom. The summed E-state index contributed by atoms with van der Waals surface area (Å²) in [6.45, 7) is 5.74. The molecule has 3 rings (SSSR count). The summed E-state index contributed by atoms with van der Waals surface area (Å²) >= 11 is 0. The quantitative estimate of drug-likeness (QED) is 0.614. The van der Waals surface area contributed by atoms with E-state index in [1.807, 2.05) is 0 Å². The van der Waals surface area contributed by atoms with Gasteiger partial charge in [-0.2, -0.15) is 0 Å². The molecule has 2 aliphatic rings. The summed E-state index contributed by atoms with van der Waals surface area (Å²) in [5.74, 6) is 0.0412. The Labute approximate surface area is 136 Å². The first kappa shape index (κ1) is 16.0. The summed E-state index contributed by atoms with van der Waals surface area (Å²) in [5.41, 5.74) is 1.20. The molecule has 0 aliphatic heterocycles. The van der Waals surface area contributed by atoms with Gasteiger partial charge in [0, 0.05) is 12.3 Å². The van der Waals surface area contributed by atoms with E-state index in [2.05, 4.69) is 6.58 Å². The van der Waals surface area contributed by atoms with Crippen LogP contribution < -0.4 is 4.74 Å².